The van der Waals surface area contributed by atoms with Gasteiger partial charge in [0.15, 0.2) is 9.84 Å². The molecule has 5 nitrogen and oxygen atoms in total. The van der Waals surface area contributed by atoms with Gasteiger partial charge in [0.25, 0.3) is 0 Å². The van der Waals surface area contributed by atoms with Gasteiger partial charge < -0.3 is 5.32 Å². The Balaban J connectivity index is 1.51. The number of sulfone groups is 1. The summed E-state index contributed by atoms with van der Waals surface area (Å²) in [5.41, 5.74) is 3.13. The van der Waals surface area contributed by atoms with E-state index in [0.29, 0.717) is 19.5 Å². The molecule has 0 spiro atoms. The van der Waals surface area contributed by atoms with Crippen molar-refractivity contribution in [1.29, 1.82) is 0 Å². The second-order valence-corrected chi connectivity index (χ2v) is 10.3. The molecule has 0 saturated carbocycles. The minimum Gasteiger partial charge on any atom is -0.326 e. The van der Waals surface area contributed by atoms with E-state index in [1.165, 1.54) is 11.1 Å². The lowest BCUT2D eigenvalue weighted by Gasteiger charge is -2.31. The van der Waals surface area contributed by atoms with Crippen molar-refractivity contribution in [1.82, 2.24) is 4.90 Å². The van der Waals surface area contributed by atoms with Crippen LogP contribution in [0.2, 0.25) is 0 Å². The molecule has 2 fully saturated rings. The molecule has 2 aromatic carbocycles. The number of nitrogens with zero attached hydrogens (tertiary/aromatic N) is 1. The van der Waals surface area contributed by atoms with E-state index in [4.69, 9.17) is 0 Å². The highest BCUT2D eigenvalue weighted by Gasteiger charge is 2.50. The van der Waals surface area contributed by atoms with Gasteiger partial charge in [-0.25, -0.2) is 8.42 Å². The average Bonchev–Trinajstić information content (AvgIpc) is 3.07. The summed E-state index contributed by atoms with van der Waals surface area (Å²) in [6, 6.07) is 17.7. The molecule has 1 amide bonds. The predicted octanol–water partition coefficient (Wildman–Crippen LogP) is 2.87. The maximum absolute atomic E-state index is 12.9. The Morgan fingerprint density at radius 1 is 1.11 bits per heavy atom. The van der Waals surface area contributed by atoms with E-state index in [1.54, 1.807) is 0 Å². The Bertz CT molecular complexity index is 959. The molecule has 3 atom stereocenters. The summed E-state index contributed by atoms with van der Waals surface area (Å²) in [4.78, 5) is 15.1. The number of carbonyl (C=O) groups excluding carboxylic acids is 1. The van der Waals surface area contributed by atoms with Crippen molar-refractivity contribution >= 4 is 21.4 Å². The van der Waals surface area contributed by atoms with Crippen LogP contribution in [-0.4, -0.2) is 43.3 Å². The Morgan fingerprint density at radius 3 is 2.64 bits per heavy atom. The first-order valence-electron chi connectivity index (χ1n) is 9.78. The number of para-hydroxylation sites is 1. The SMILES string of the molecule is Cc1cccc(CN2C[C@H]3[C@@H](C2)S(=O)(=O)CC[C@H]3C(=O)Nc2ccccc2)c1. The average molecular weight is 399 g/mol. The number of fused-ring (bicyclic) bond motifs is 1. The number of hydrogen-bond acceptors (Lipinski definition) is 4. The van der Waals surface area contributed by atoms with Crippen molar-refractivity contribution in [3.63, 3.8) is 0 Å². The molecule has 2 saturated heterocycles. The summed E-state index contributed by atoms with van der Waals surface area (Å²) >= 11 is 0. The standard InChI is InChI=1S/C22H26N2O3S/c1-16-6-5-7-17(12-16)13-24-14-20-19(10-11-28(26,27)21(20)15-24)22(25)23-18-8-3-2-4-9-18/h2-9,12,19-21H,10-11,13-15H2,1H3,(H,23,25)/t19-,20-,21-/m1/s1. The summed E-state index contributed by atoms with van der Waals surface area (Å²) in [5.74, 6) is -0.378. The van der Waals surface area contributed by atoms with Crippen LogP contribution in [0.25, 0.3) is 0 Å². The third-order valence-corrected chi connectivity index (χ3v) is 8.17. The molecular formula is C22H26N2O3S. The van der Waals surface area contributed by atoms with Gasteiger partial charge in [-0.15, -0.1) is 0 Å². The van der Waals surface area contributed by atoms with Crippen LogP contribution < -0.4 is 5.32 Å². The molecule has 148 valence electrons. The van der Waals surface area contributed by atoms with Crippen molar-refractivity contribution in [2.75, 3.05) is 24.2 Å². The predicted molar refractivity (Wildman–Crippen MR) is 111 cm³/mol. The largest absolute Gasteiger partial charge is 0.326 e. The molecule has 28 heavy (non-hydrogen) atoms. The molecule has 0 unspecified atom stereocenters. The van der Waals surface area contributed by atoms with Crippen molar-refractivity contribution in [2.24, 2.45) is 11.8 Å². The zero-order valence-corrected chi connectivity index (χ0v) is 16.9. The summed E-state index contributed by atoms with van der Waals surface area (Å²) in [6.45, 7) is 3.93. The second kappa shape index (κ2) is 7.68. The number of amides is 1. The van der Waals surface area contributed by atoms with Crippen molar-refractivity contribution in [3.05, 3.63) is 65.7 Å². The van der Waals surface area contributed by atoms with Crippen LogP contribution in [0.1, 0.15) is 17.5 Å². The molecule has 2 aromatic rings. The number of hydrogen-bond donors (Lipinski definition) is 1. The normalized spacial score (nSPS) is 26.5. The fourth-order valence-corrected chi connectivity index (χ4v) is 6.71. The third kappa shape index (κ3) is 3.98. The lowest BCUT2D eigenvalue weighted by Crippen LogP contribution is -2.45. The number of aryl methyl sites for hydroxylation is 1. The van der Waals surface area contributed by atoms with Gasteiger partial charge in [-0.05, 0) is 31.0 Å². The number of likely N-dealkylation sites (tertiary alicyclic amines) is 1. The van der Waals surface area contributed by atoms with E-state index in [1.807, 2.05) is 36.4 Å². The first-order valence-corrected chi connectivity index (χ1v) is 11.5. The van der Waals surface area contributed by atoms with Crippen LogP contribution in [0.5, 0.6) is 0 Å². The van der Waals surface area contributed by atoms with Gasteiger partial charge in [-0.1, -0.05) is 48.0 Å². The molecule has 0 aromatic heterocycles. The van der Waals surface area contributed by atoms with E-state index in [0.717, 1.165) is 12.2 Å². The van der Waals surface area contributed by atoms with Crippen LogP contribution in [0, 0.1) is 18.8 Å². The number of rotatable bonds is 4. The fourth-order valence-electron chi connectivity index (χ4n) is 4.58. The van der Waals surface area contributed by atoms with E-state index in [9.17, 15) is 13.2 Å². The van der Waals surface area contributed by atoms with Crippen molar-refractivity contribution < 1.29 is 13.2 Å². The van der Waals surface area contributed by atoms with Crippen LogP contribution in [-0.2, 0) is 21.2 Å². The van der Waals surface area contributed by atoms with Crippen LogP contribution in [0.15, 0.2) is 54.6 Å². The summed E-state index contributed by atoms with van der Waals surface area (Å²) in [7, 11) is -3.15. The van der Waals surface area contributed by atoms with Gasteiger partial charge in [0.2, 0.25) is 5.91 Å². The number of carbonyl (C=O) groups is 1. The maximum Gasteiger partial charge on any atom is 0.227 e. The monoisotopic (exact) mass is 398 g/mol. The topological polar surface area (TPSA) is 66.5 Å². The summed E-state index contributed by atoms with van der Waals surface area (Å²) in [5, 5.41) is 2.52. The Hall–Kier alpha value is -2.18. The summed E-state index contributed by atoms with van der Waals surface area (Å²) in [6.07, 6.45) is 0.403. The number of benzene rings is 2. The molecule has 2 aliphatic heterocycles. The van der Waals surface area contributed by atoms with Gasteiger partial charge in [0.1, 0.15) is 0 Å². The van der Waals surface area contributed by atoms with Gasteiger partial charge in [-0.2, -0.15) is 0 Å². The Labute approximate surface area is 166 Å². The Morgan fingerprint density at radius 2 is 1.89 bits per heavy atom. The highest BCUT2D eigenvalue weighted by molar-refractivity contribution is 7.92. The molecule has 0 bridgehead atoms. The lowest BCUT2D eigenvalue weighted by molar-refractivity contribution is -0.121. The van der Waals surface area contributed by atoms with Crippen molar-refractivity contribution in [3.8, 4) is 0 Å². The molecular weight excluding hydrogens is 372 g/mol. The smallest absolute Gasteiger partial charge is 0.227 e. The molecule has 0 radical (unpaired) electrons. The van der Waals surface area contributed by atoms with Crippen LogP contribution >= 0.6 is 0 Å². The number of anilines is 1. The highest BCUT2D eigenvalue weighted by Crippen LogP contribution is 2.38. The van der Waals surface area contributed by atoms with Crippen LogP contribution in [0.3, 0.4) is 0 Å². The minimum absolute atomic E-state index is 0.0616. The molecule has 1 N–H and O–H groups in total. The Kier molecular flexibility index (Phi) is 5.25. The first-order chi connectivity index (χ1) is 13.4. The van der Waals surface area contributed by atoms with Gasteiger partial charge in [0.05, 0.1) is 11.0 Å². The van der Waals surface area contributed by atoms with Crippen molar-refractivity contribution in [2.45, 2.75) is 25.1 Å². The van der Waals surface area contributed by atoms with Gasteiger partial charge in [0, 0.05) is 37.2 Å². The van der Waals surface area contributed by atoms with Crippen LogP contribution in [0.4, 0.5) is 5.69 Å². The highest BCUT2D eigenvalue weighted by atomic mass is 32.2. The quantitative estimate of drug-likeness (QED) is 0.860. The second-order valence-electron chi connectivity index (χ2n) is 8.00. The molecule has 6 heteroatoms. The van der Waals surface area contributed by atoms with E-state index in [-0.39, 0.29) is 23.5 Å². The summed E-state index contributed by atoms with van der Waals surface area (Å²) < 4.78 is 25.4. The zero-order valence-electron chi connectivity index (χ0n) is 16.0. The molecule has 2 heterocycles. The maximum atomic E-state index is 12.9. The molecule has 4 rings (SSSR count). The molecule has 0 aliphatic carbocycles. The fraction of sp³-hybridized carbons (Fsp3) is 0.409. The lowest BCUT2D eigenvalue weighted by atomic mass is 9.87. The minimum atomic E-state index is -3.15. The van der Waals surface area contributed by atoms with Gasteiger partial charge in [-0.3, -0.25) is 9.69 Å². The zero-order chi connectivity index (χ0) is 19.7. The third-order valence-electron chi connectivity index (χ3n) is 5.94. The first kappa shape index (κ1) is 19.2. The van der Waals surface area contributed by atoms with Gasteiger partial charge >= 0.3 is 0 Å². The number of nitrogens with one attached hydrogen (secondary N) is 1. The van der Waals surface area contributed by atoms with E-state index in [2.05, 4.69) is 35.3 Å². The van der Waals surface area contributed by atoms with E-state index >= 15 is 0 Å². The molecule has 2 aliphatic rings. The van der Waals surface area contributed by atoms with E-state index < -0.39 is 15.1 Å².